The highest BCUT2D eigenvalue weighted by Gasteiger charge is 2.12. The second kappa shape index (κ2) is 8.67. The summed E-state index contributed by atoms with van der Waals surface area (Å²) in [6.45, 7) is 3.71. The van der Waals surface area contributed by atoms with Crippen molar-refractivity contribution in [2.75, 3.05) is 50.5 Å². The van der Waals surface area contributed by atoms with Crippen molar-refractivity contribution in [1.29, 1.82) is 0 Å². The van der Waals surface area contributed by atoms with Gasteiger partial charge in [0.05, 0.1) is 11.9 Å². The first kappa shape index (κ1) is 18.2. The average Bonchev–Trinajstić information content (AvgIpc) is 3.17. The maximum atomic E-state index is 12.0. The van der Waals surface area contributed by atoms with Crippen molar-refractivity contribution in [3.05, 3.63) is 48.3 Å². The molecule has 2 aromatic rings. The number of nitrogens with one attached hydrogen (secondary N) is 2. The lowest BCUT2D eigenvalue weighted by Crippen LogP contribution is -2.31. The Morgan fingerprint density at radius 1 is 1.08 bits per heavy atom. The maximum Gasteiger partial charge on any atom is 0.269 e. The molecular formula is C20H27N5O. The Hall–Kier alpha value is -2.60. The molecule has 1 aliphatic rings. The molecule has 6 heteroatoms. The van der Waals surface area contributed by atoms with Gasteiger partial charge < -0.3 is 20.4 Å². The van der Waals surface area contributed by atoms with Crippen LogP contribution in [0.4, 0.5) is 17.1 Å². The molecule has 0 aliphatic carbocycles. The Kier molecular flexibility index (Phi) is 6.07. The number of nitrogens with zero attached hydrogens (tertiary/aromatic N) is 3. The van der Waals surface area contributed by atoms with Gasteiger partial charge in [0.2, 0.25) is 0 Å². The highest BCUT2D eigenvalue weighted by molar-refractivity contribution is 5.92. The number of benzene rings is 1. The van der Waals surface area contributed by atoms with Crippen LogP contribution in [0.25, 0.3) is 0 Å². The summed E-state index contributed by atoms with van der Waals surface area (Å²) >= 11 is 0. The number of amides is 1. The Bertz CT molecular complexity index is 706. The lowest BCUT2D eigenvalue weighted by atomic mass is 10.2. The van der Waals surface area contributed by atoms with E-state index in [2.05, 4.69) is 44.8 Å². The largest absolute Gasteiger partial charge is 0.372 e. The van der Waals surface area contributed by atoms with Crippen molar-refractivity contribution in [1.82, 2.24) is 15.2 Å². The van der Waals surface area contributed by atoms with E-state index in [9.17, 15) is 4.79 Å². The zero-order valence-electron chi connectivity index (χ0n) is 15.5. The van der Waals surface area contributed by atoms with Crippen LogP contribution >= 0.6 is 0 Å². The van der Waals surface area contributed by atoms with Gasteiger partial charge in [0.1, 0.15) is 5.69 Å². The van der Waals surface area contributed by atoms with Crippen LogP contribution in [0.5, 0.6) is 0 Å². The highest BCUT2D eigenvalue weighted by Crippen LogP contribution is 2.23. The van der Waals surface area contributed by atoms with Crippen LogP contribution in [0.1, 0.15) is 23.3 Å². The van der Waals surface area contributed by atoms with Crippen molar-refractivity contribution in [3.8, 4) is 0 Å². The minimum Gasteiger partial charge on any atom is -0.372 e. The van der Waals surface area contributed by atoms with E-state index in [0.717, 1.165) is 31.0 Å². The minimum absolute atomic E-state index is 0.145. The topological polar surface area (TPSA) is 60.5 Å². The number of pyridine rings is 1. The molecule has 1 aromatic heterocycles. The Labute approximate surface area is 155 Å². The summed E-state index contributed by atoms with van der Waals surface area (Å²) in [6.07, 6.45) is 4.25. The van der Waals surface area contributed by atoms with Gasteiger partial charge in [0.15, 0.2) is 0 Å². The fourth-order valence-corrected chi connectivity index (χ4v) is 2.98. The molecular weight excluding hydrogens is 326 g/mol. The van der Waals surface area contributed by atoms with Crippen LogP contribution in [0.3, 0.4) is 0 Å². The zero-order valence-corrected chi connectivity index (χ0v) is 15.5. The second-order valence-electron chi connectivity index (χ2n) is 6.86. The standard InChI is InChI=1S/C20H27N5O/c1-24(2)14-11-21-20(26)19-10-7-17(15-22-19)23-16-5-8-18(9-6-16)25-12-3-4-13-25/h5-10,15,23H,3-4,11-14H2,1-2H3,(H,21,26). The van der Waals surface area contributed by atoms with Crippen LogP contribution < -0.4 is 15.5 Å². The number of likely N-dealkylation sites (N-methyl/N-ethyl adjacent to an activating group) is 1. The van der Waals surface area contributed by atoms with E-state index in [1.165, 1.54) is 18.5 Å². The highest BCUT2D eigenvalue weighted by atomic mass is 16.1. The molecule has 26 heavy (non-hydrogen) atoms. The van der Waals surface area contributed by atoms with Crippen LogP contribution in [-0.4, -0.2) is 56.1 Å². The third-order valence-electron chi connectivity index (χ3n) is 4.47. The molecule has 0 unspecified atom stereocenters. The predicted molar refractivity (Wildman–Crippen MR) is 106 cm³/mol. The van der Waals surface area contributed by atoms with E-state index in [-0.39, 0.29) is 5.91 Å². The lowest BCUT2D eigenvalue weighted by molar-refractivity contribution is 0.0946. The molecule has 1 amide bonds. The number of carbonyl (C=O) groups is 1. The van der Waals surface area contributed by atoms with Gasteiger partial charge in [-0.1, -0.05) is 0 Å². The molecule has 2 N–H and O–H groups in total. The number of hydrogen-bond donors (Lipinski definition) is 2. The van der Waals surface area contributed by atoms with E-state index >= 15 is 0 Å². The molecule has 1 aromatic carbocycles. The van der Waals surface area contributed by atoms with Gasteiger partial charge in [-0.25, -0.2) is 4.98 Å². The molecule has 0 atom stereocenters. The Balaban J connectivity index is 1.54. The third kappa shape index (κ3) is 4.95. The van der Waals surface area contributed by atoms with Gasteiger partial charge in [-0.3, -0.25) is 4.79 Å². The summed E-state index contributed by atoms with van der Waals surface area (Å²) in [4.78, 5) is 20.7. The molecule has 3 rings (SSSR count). The van der Waals surface area contributed by atoms with E-state index in [4.69, 9.17) is 0 Å². The molecule has 0 spiro atoms. The molecule has 1 aliphatic heterocycles. The SMILES string of the molecule is CN(C)CCNC(=O)c1ccc(Nc2ccc(N3CCCC3)cc2)cn1. The van der Waals surface area contributed by atoms with Crippen molar-refractivity contribution in [3.63, 3.8) is 0 Å². The van der Waals surface area contributed by atoms with E-state index < -0.39 is 0 Å². The summed E-state index contributed by atoms with van der Waals surface area (Å²) in [5.74, 6) is -0.145. The third-order valence-corrected chi connectivity index (χ3v) is 4.47. The van der Waals surface area contributed by atoms with E-state index in [1.807, 2.05) is 25.1 Å². The van der Waals surface area contributed by atoms with Crippen molar-refractivity contribution in [2.24, 2.45) is 0 Å². The minimum atomic E-state index is -0.145. The van der Waals surface area contributed by atoms with E-state index in [1.54, 1.807) is 12.3 Å². The Morgan fingerprint density at radius 2 is 1.77 bits per heavy atom. The summed E-state index contributed by atoms with van der Waals surface area (Å²) in [5, 5.41) is 6.19. The van der Waals surface area contributed by atoms with Crippen LogP contribution in [0, 0.1) is 0 Å². The molecule has 2 heterocycles. The van der Waals surface area contributed by atoms with Crippen molar-refractivity contribution >= 4 is 23.0 Å². The summed E-state index contributed by atoms with van der Waals surface area (Å²) < 4.78 is 0. The zero-order chi connectivity index (χ0) is 18.4. The fourth-order valence-electron chi connectivity index (χ4n) is 2.98. The number of hydrogen-bond acceptors (Lipinski definition) is 5. The molecule has 0 saturated carbocycles. The predicted octanol–water partition coefficient (Wildman–Crippen LogP) is 2.72. The van der Waals surface area contributed by atoms with Crippen LogP contribution in [-0.2, 0) is 0 Å². The quantitative estimate of drug-likeness (QED) is 0.801. The van der Waals surface area contributed by atoms with Gasteiger partial charge in [-0.05, 0) is 63.3 Å². The molecule has 1 fully saturated rings. The number of aromatic nitrogens is 1. The summed E-state index contributed by atoms with van der Waals surface area (Å²) in [7, 11) is 3.95. The van der Waals surface area contributed by atoms with Crippen LogP contribution in [0.2, 0.25) is 0 Å². The first-order valence-electron chi connectivity index (χ1n) is 9.13. The summed E-state index contributed by atoms with van der Waals surface area (Å²) in [6, 6.07) is 12.1. The molecule has 0 bridgehead atoms. The van der Waals surface area contributed by atoms with Gasteiger partial charge in [-0.15, -0.1) is 0 Å². The van der Waals surface area contributed by atoms with Gasteiger partial charge in [0.25, 0.3) is 5.91 Å². The van der Waals surface area contributed by atoms with Gasteiger partial charge in [-0.2, -0.15) is 0 Å². The first-order chi connectivity index (χ1) is 12.6. The molecule has 6 nitrogen and oxygen atoms in total. The summed E-state index contributed by atoms with van der Waals surface area (Å²) in [5.41, 5.74) is 3.58. The first-order valence-corrected chi connectivity index (χ1v) is 9.13. The number of carbonyl (C=O) groups excluding carboxylic acids is 1. The monoisotopic (exact) mass is 353 g/mol. The second-order valence-corrected chi connectivity index (χ2v) is 6.86. The normalized spacial score (nSPS) is 13.9. The fraction of sp³-hybridized carbons (Fsp3) is 0.400. The Morgan fingerprint density at radius 3 is 2.38 bits per heavy atom. The molecule has 1 saturated heterocycles. The smallest absolute Gasteiger partial charge is 0.269 e. The van der Waals surface area contributed by atoms with Gasteiger partial charge in [0, 0.05) is 37.6 Å². The van der Waals surface area contributed by atoms with Crippen LogP contribution in [0.15, 0.2) is 42.6 Å². The molecule has 138 valence electrons. The van der Waals surface area contributed by atoms with Gasteiger partial charge >= 0.3 is 0 Å². The van der Waals surface area contributed by atoms with Crippen molar-refractivity contribution < 1.29 is 4.79 Å². The van der Waals surface area contributed by atoms with Crippen molar-refractivity contribution in [2.45, 2.75) is 12.8 Å². The molecule has 0 radical (unpaired) electrons. The maximum absolute atomic E-state index is 12.0. The lowest BCUT2D eigenvalue weighted by Gasteiger charge is -2.18. The number of rotatable bonds is 7. The average molecular weight is 353 g/mol. The van der Waals surface area contributed by atoms with E-state index in [0.29, 0.717) is 12.2 Å². The number of anilines is 3.